The maximum Gasteiger partial charge on any atom is 0.227 e. The van der Waals surface area contributed by atoms with Crippen LogP contribution >= 0.6 is 11.6 Å². The summed E-state index contributed by atoms with van der Waals surface area (Å²) in [6, 6.07) is 5.43. The van der Waals surface area contributed by atoms with Crippen LogP contribution < -0.4 is 14.4 Å². The van der Waals surface area contributed by atoms with Crippen molar-refractivity contribution in [2.24, 2.45) is 0 Å². The predicted octanol–water partition coefficient (Wildman–Crippen LogP) is 4.23. The molecule has 0 fully saturated rings. The van der Waals surface area contributed by atoms with E-state index in [0.29, 0.717) is 39.6 Å². The van der Waals surface area contributed by atoms with Crippen molar-refractivity contribution < 1.29 is 9.47 Å². The second kappa shape index (κ2) is 8.64. The molecule has 0 saturated heterocycles. The number of rotatable bonds is 7. The molecule has 0 radical (unpaired) electrons. The summed E-state index contributed by atoms with van der Waals surface area (Å²) in [6.45, 7) is 2.99. The SMILES string of the molecule is CCCN(C)c1ncc(Oc2ncccc2-c2cc(Cl)cnc2OC)cn1. The van der Waals surface area contributed by atoms with Gasteiger partial charge in [-0.1, -0.05) is 18.5 Å². The largest absolute Gasteiger partial charge is 0.481 e. The first-order valence-corrected chi connectivity index (χ1v) is 8.86. The summed E-state index contributed by atoms with van der Waals surface area (Å²) in [6.07, 6.45) is 7.44. The molecule has 8 heteroatoms. The number of pyridine rings is 2. The molecule has 0 spiro atoms. The van der Waals surface area contributed by atoms with Gasteiger partial charge < -0.3 is 14.4 Å². The Morgan fingerprint density at radius 1 is 1.04 bits per heavy atom. The predicted molar refractivity (Wildman–Crippen MR) is 105 cm³/mol. The normalized spacial score (nSPS) is 10.5. The first-order valence-electron chi connectivity index (χ1n) is 8.48. The van der Waals surface area contributed by atoms with Crippen molar-refractivity contribution in [1.82, 2.24) is 19.9 Å². The lowest BCUT2D eigenvalue weighted by Gasteiger charge is -2.16. The summed E-state index contributed by atoms with van der Waals surface area (Å²) < 4.78 is 11.3. The van der Waals surface area contributed by atoms with E-state index in [1.165, 1.54) is 6.20 Å². The number of anilines is 1. The first-order chi connectivity index (χ1) is 13.1. The van der Waals surface area contributed by atoms with E-state index in [0.717, 1.165) is 13.0 Å². The molecule has 3 aromatic heterocycles. The summed E-state index contributed by atoms with van der Waals surface area (Å²) >= 11 is 6.11. The molecule has 27 heavy (non-hydrogen) atoms. The summed E-state index contributed by atoms with van der Waals surface area (Å²) in [7, 11) is 3.50. The average molecular weight is 386 g/mol. The second-order valence-corrected chi connectivity index (χ2v) is 6.25. The first kappa shape index (κ1) is 18.8. The molecule has 140 valence electrons. The van der Waals surface area contributed by atoms with E-state index in [1.54, 1.807) is 31.8 Å². The maximum atomic E-state index is 6.11. The number of hydrogen-bond acceptors (Lipinski definition) is 7. The van der Waals surface area contributed by atoms with E-state index in [9.17, 15) is 0 Å². The summed E-state index contributed by atoms with van der Waals surface area (Å²) in [5, 5.41) is 0.493. The molecule has 3 rings (SSSR count). The highest BCUT2D eigenvalue weighted by Crippen LogP contribution is 2.36. The van der Waals surface area contributed by atoms with Crippen LogP contribution in [-0.2, 0) is 0 Å². The highest BCUT2D eigenvalue weighted by molar-refractivity contribution is 6.30. The van der Waals surface area contributed by atoms with E-state index >= 15 is 0 Å². The lowest BCUT2D eigenvalue weighted by atomic mass is 10.1. The van der Waals surface area contributed by atoms with Crippen LogP contribution in [0.15, 0.2) is 43.0 Å². The van der Waals surface area contributed by atoms with E-state index < -0.39 is 0 Å². The molecule has 7 nitrogen and oxygen atoms in total. The van der Waals surface area contributed by atoms with Crippen molar-refractivity contribution in [2.75, 3.05) is 25.6 Å². The Kier molecular flexibility index (Phi) is 6.03. The molecule has 0 N–H and O–H groups in total. The van der Waals surface area contributed by atoms with Crippen molar-refractivity contribution in [3.63, 3.8) is 0 Å². The number of halogens is 1. The summed E-state index contributed by atoms with van der Waals surface area (Å²) in [4.78, 5) is 19.2. The Labute approximate surface area is 163 Å². The van der Waals surface area contributed by atoms with Gasteiger partial charge in [0.05, 0.1) is 30.1 Å². The Hall–Kier alpha value is -2.93. The molecule has 0 aromatic carbocycles. The van der Waals surface area contributed by atoms with Gasteiger partial charge in [-0.2, -0.15) is 0 Å². The Balaban J connectivity index is 1.90. The highest BCUT2D eigenvalue weighted by atomic mass is 35.5. The monoisotopic (exact) mass is 385 g/mol. The summed E-state index contributed by atoms with van der Waals surface area (Å²) in [5.41, 5.74) is 1.39. The molecule has 0 amide bonds. The standard InChI is InChI=1S/C19H20ClN5O2/c1-4-8-25(2)19-23-11-14(12-24-19)27-18-15(6-5-7-21-18)16-9-13(20)10-22-17(16)26-3/h5-7,9-12H,4,8H2,1-3H3. The lowest BCUT2D eigenvalue weighted by molar-refractivity contribution is 0.399. The van der Waals surface area contributed by atoms with Crippen LogP contribution in [-0.4, -0.2) is 40.6 Å². The van der Waals surface area contributed by atoms with Crippen LogP contribution in [0.2, 0.25) is 5.02 Å². The van der Waals surface area contributed by atoms with E-state index in [4.69, 9.17) is 21.1 Å². The fourth-order valence-corrected chi connectivity index (χ4v) is 2.72. The molecule has 3 heterocycles. The minimum atomic E-state index is 0.387. The summed E-state index contributed by atoms with van der Waals surface area (Å²) in [5.74, 6) is 1.95. The van der Waals surface area contributed by atoms with Crippen LogP contribution in [0.25, 0.3) is 11.1 Å². The van der Waals surface area contributed by atoms with Gasteiger partial charge in [-0.05, 0) is 24.6 Å². The lowest BCUT2D eigenvalue weighted by Crippen LogP contribution is -2.20. The van der Waals surface area contributed by atoms with E-state index in [-0.39, 0.29) is 0 Å². The van der Waals surface area contributed by atoms with Crippen LogP contribution in [0.5, 0.6) is 17.5 Å². The van der Waals surface area contributed by atoms with Crippen molar-refractivity contribution >= 4 is 17.5 Å². The van der Waals surface area contributed by atoms with Crippen molar-refractivity contribution in [3.8, 4) is 28.6 Å². The van der Waals surface area contributed by atoms with Crippen LogP contribution in [0, 0.1) is 0 Å². The Morgan fingerprint density at radius 2 is 1.81 bits per heavy atom. The topological polar surface area (TPSA) is 73.3 Å². The van der Waals surface area contributed by atoms with E-state index in [1.807, 2.05) is 24.1 Å². The second-order valence-electron chi connectivity index (χ2n) is 5.81. The molecule has 0 aliphatic rings. The van der Waals surface area contributed by atoms with Gasteiger partial charge >= 0.3 is 0 Å². The van der Waals surface area contributed by atoms with Gasteiger partial charge in [0.2, 0.25) is 17.7 Å². The molecule has 0 saturated carbocycles. The van der Waals surface area contributed by atoms with Gasteiger partial charge in [-0.25, -0.2) is 19.9 Å². The fourth-order valence-electron chi connectivity index (χ4n) is 2.57. The van der Waals surface area contributed by atoms with Gasteiger partial charge in [-0.15, -0.1) is 0 Å². The van der Waals surface area contributed by atoms with Gasteiger partial charge in [0, 0.05) is 31.5 Å². The zero-order chi connectivity index (χ0) is 19.2. The third-order valence-electron chi connectivity index (χ3n) is 3.80. The van der Waals surface area contributed by atoms with Crippen molar-refractivity contribution in [1.29, 1.82) is 0 Å². The highest BCUT2D eigenvalue weighted by Gasteiger charge is 2.15. The Morgan fingerprint density at radius 3 is 2.52 bits per heavy atom. The molecule has 0 atom stereocenters. The van der Waals surface area contributed by atoms with Gasteiger partial charge in [-0.3, -0.25) is 0 Å². The third-order valence-corrected chi connectivity index (χ3v) is 4.01. The van der Waals surface area contributed by atoms with Gasteiger partial charge in [0.15, 0.2) is 5.75 Å². The minimum Gasteiger partial charge on any atom is -0.481 e. The average Bonchev–Trinajstić information content (AvgIpc) is 2.69. The minimum absolute atomic E-state index is 0.387. The van der Waals surface area contributed by atoms with E-state index in [2.05, 4.69) is 26.9 Å². The maximum absolute atomic E-state index is 6.11. The smallest absolute Gasteiger partial charge is 0.227 e. The zero-order valence-electron chi connectivity index (χ0n) is 15.4. The van der Waals surface area contributed by atoms with Gasteiger partial charge in [0.1, 0.15) is 0 Å². The van der Waals surface area contributed by atoms with Gasteiger partial charge in [0.25, 0.3) is 0 Å². The van der Waals surface area contributed by atoms with Crippen LogP contribution in [0.3, 0.4) is 0 Å². The third kappa shape index (κ3) is 4.43. The number of methoxy groups -OCH3 is 1. The fraction of sp³-hybridized carbons (Fsp3) is 0.263. The molecular weight excluding hydrogens is 366 g/mol. The number of nitrogens with zero attached hydrogens (tertiary/aromatic N) is 5. The molecule has 3 aromatic rings. The van der Waals surface area contributed by atoms with Crippen LogP contribution in [0.4, 0.5) is 5.95 Å². The number of hydrogen-bond donors (Lipinski definition) is 0. The van der Waals surface area contributed by atoms with Crippen LogP contribution in [0.1, 0.15) is 13.3 Å². The molecule has 0 bridgehead atoms. The molecule has 0 unspecified atom stereocenters. The quantitative estimate of drug-likeness (QED) is 0.602. The molecule has 0 aliphatic carbocycles. The number of ether oxygens (including phenoxy) is 2. The van der Waals surface area contributed by atoms with Crippen molar-refractivity contribution in [2.45, 2.75) is 13.3 Å². The Bertz CT molecular complexity index is 905. The number of aromatic nitrogens is 4. The molecular formula is C19H20ClN5O2. The molecule has 0 aliphatic heterocycles. The zero-order valence-corrected chi connectivity index (χ0v) is 16.1. The van der Waals surface area contributed by atoms with Crippen molar-refractivity contribution in [3.05, 3.63) is 48.0 Å².